The number of benzene rings is 2. The number of hydrogen-bond donors (Lipinski definition) is 2. The number of carbonyl (C=O) groups excluding carboxylic acids is 3. The van der Waals surface area contributed by atoms with E-state index >= 15 is 0 Å². The summed E-state index contributed by atoms with van der Waals surface area (Å²) < 4.78 is 15.9. The molecule has 2 aromatic carbocycles. The average Bonchev–Trinajstić information content (AvgIpc) is 3.39. The summed E-state index contributed by atoms with van der Waals surface area (Å²) in [6.45, 7) is 5.05. The second-order valence-electron chi connectivity index (χ2n) is 9.20. The Kier molecular flexibility index (Phi) is 7.97. The number of hydrogen-bond acceptors (Lipinski definition) is 6. The maximum atomic E-state index is 13.2. The minimum atomic E-state index is -0.713. The number of carbonyl (C=O) groups is 3. The Bertz CT molecular complexity index is 1100. The molecule has 3 amide bonds. The molecule has 192 valence electrons. The Morgan fingerprint density at radius 1 is 1.00 bits per heavy atom. The first-order valence-corrected chi connectivity index (χ1v) is 12.3. The lowest BCUT2D eigenvalue weighted by atomic mass is 9.88. The van der Waals surface area contributed by atoms with E-state index in [1.54, 1.807) is 54.5 Å². The number of rotatable bonds is 8. The minimum absolute atomic E-state index is 0.0146. The van der Waals surface area contributed by atoms with E-state index in [1.165, 1.54) is 0 Å². The number of likely N-dealkylation sites (tertiary alicyclic amines) is 1. The fourth-order valence-electron chi connectivity index (χ4n) is 4.45. The van der Waals surface area contributed by atoms with Crippen LogP contribution in [-0.4, -0.2) is 61.7 Å². The Hall–Kier alpha value is -3.75. The molecule has 0 spiro atoms. The Morgan fingerprint density at radius 2 is 1.67 bits per heavy atom. The number of methoxy groups -OCH3 is 1. The zero-order valence-corrected chi connectivity index (χ0v) is 20.9. The molecule has 0 bridgehead atoms. The van der Waals surface area contributed by atoms with Gasteiger partial charge < -0.3 is 29.7 Å². The van der Waals surface area contributed by atoms with Crippen LogP contribution in [0.15, 0.2) is 42.5 Å². The number of ether oxygens (including phenoxy) is 3. The van der Waals surface area contributed by atoms with Crippen LogP contribution in [0.4, 0.5) is 0 Å². The molecule has 9 heteroatoms. The third-order valence-corrected chi connectivity index (χ3v) is 6.84. The van der Waals surface area contributed by atoms with E-state index in [0.717, 1.165) is 6.42 Å². The summed E-state index contributed by atoms with van der Waals surface area (Å²) in [5, 5.41) is 5.95. The van der Waals surface area contributed by atoms with Crippen LogP contribution in [0.5, 0.6) is 17.2 Å². The lowest BCUT2D eigenvalue weighted by Gasteiger charge is -2.36. The molecule has 2 heterocycles. The van der Waals surface area contributed by atoms with Crippen LogP contribution in [0.3, 0.4) is 0 Å². The van der Waals surface area contributed by atoms with Crippen LogP contribution >= 0.6 is 0 Å². The molecule has 4 rings (SSSR count). The van der Waals surface area contributed by atoms with Gasteiger partial charge in [-0.15, -0.1) is 0 Å². The molecule has 2 aliphatic heterocycles. The Labute approximate surface area is 211 Å². The molecule has 36 heavy (non-hydrogen) atoms. The Morgan fingerprint density at radius 3 is 2.33 bits per heavy atom. The predicted molar refractivity (Wildman–Crippen MR) is 133 cm³/mol. The molecule has 1 fully saturated rings. The van der Waals surface area contributed by atoms with Gasteiger partial charge in [0, 0.05) is 30.3 Å². The molecule has 0 aliphatic carbocycles. The normalized spacial score (nSPS) is 16.7. The van der Waals surface area contributed by atoms with Gasteiger partial charge in [0.1, 0.15) is 11.8 Å². The number of nitrogens with one attached hydrogen (secondary N) is 2. The predicted octanol–water partition coefficient (Wildman–Crippen LogP) is 2.99. The van der Waals surface area contributed by atoms with E-state index in [1.807, 2.05) is 13.8 Å². The number of amides is 3. The average molecular weight is 496 g/mol. The highest BCUT2D eigenvalue weighted by molar-refractivity contribution is 5.98. The third-order valence-electron chi connectivity index (χ3n) is 6.84. The molecular formula is C27H33N3O6. The van der Waals surface area contributed by atoms with Gasteiger partial charge in [0.15, 0.2) is 11.5 Å². The number of piperidine rings is 1. The van der Waals surface area contributed by atoms with Gasteiger partial charge in [-0.1, -0.05) is 6.92 Å². The molecule has 0 aromatic heterocycles. The minimum Gasteiger partial charge on any atom is -0.497 e. The van der Waals surface area contributed by atoms with Crippen molar-refractivity contribution in [3.05, 3.63) is 53.6 Å². The van der Waals surface area contributed by atoms with E-state index in [2.05, 4.69) is 10.6 Å². The molecule has 9 nitrogen and oxygen atoms in total. The fraction of sp³-hybridized carbons (Fsp3) is 0.444. The van der Waals surface area contributed by atoms with Gasteiger partial charge in [-0.2, -0.15) is 0 Å². The lowest BCUT2D eigenvalue weighted by molar-refractivity contribution is -0.125. The largest absolute Gasteiger partial charge is 0.497 e. The van der Waals surface area contributed by atoms with E-state index in [0.29, 0.717) is 54.3 Å². The van der Waals surface area contributed by atoms with Gasteiger partial charge in [-0.25, -0.2) is 0 Å². The summed E-state index contributed by atoms with van der Waals surface area (Å²) in [7, 11) is 1.58. The molecule has 2 atom stereocenters. The number of fused-ring (bicyclic) bond motifs is 1. The zero-order chi connectivity index (χ0) is 25.7. The molecule has 0 radical (unpaired) electrons. The Balaban J connectivity index is 1.44. The summed E-state index contributed by atoms with van der Waals surface area (Å²) in [5.74, 6) is 1.07. The van der Waals surface area contributed by atoms with E-state index in [4.69, 9.17) is 14.2 Å². The van der Waals surface area contributed by atoms with Crippen molar-refractivity contribution in [2.24, 2.45) is 5.92 Å². The first-order valence-electron chi connectivity index (χ1n) is 12.3. The summed E-state index contributed by atoms with van der Waals surface area (Å²) in [4.78, 5) is 41.1. The van der Waals surface area contributed by atoms with Gasteiger partial charge in [-0.3, -0.25) is 14.4 Å². The van der Waals surface area contributed by atoms with Crippen molar-refractivity contribution in [1.29, 1.82) is 0 Å². The van der Waals surface area contributed by atoms with Crippen LogP contribution in [0.25, 0.3) is 0 Å². The monoisotopic (exact) mass is 495 g/mol. The topological polar surface area (TPSA) is 106 Å². The highest BCUT2D eigenvalue weighted by Crippen LogP contribution is 2.32. The van der Waals surface area contributed by atoms with Crippen LogP contribution in [0.1, 0.15) is 53.8 Å². The van der Waals surface area contributed by atoms with Crippen LogP contribution in [-0.2, 0) is 4.79 Å². The van der Waals surface area contributed by atoms with E-state index in [9.17, 15) is 14.4 Å². The first-order chi connectivity index (χ1) is 17.4. The molecular weight excluding hydrogens is 462 g/mol. The highest BCUT2D eigenvalue weighted by Gasteiger charge is 2.35. The van der Waals surface area contributed by atoms with E-state index < -0.39 is 6.04 Å². The maximum absolute atomic E-state index is 13.2. The second-order valence-corrected chi connectivity index (χ2v) is 9.20. The summed E-state index contributed by atoms with van der Waals surface area (Å²) >= 11 is 0. The van der Waals surface area contributed by atoms with Crippen LogP contribution < -0.4 is 24.8 Å². The summed E-state index contributed by atoms with van der Waals surface area (Å²) in [6, 6.07) is 11.3. The van der Waals surface area contributed by atoms with Crippen molar-refractivity contribution < 1.29 is 28.6 Å². The van der Waals surface area contributed by atoms with Crippen LogP contribution in [0.2, 0.25) is 0 Å². The van der Waals surface area contributed by atoms with Gasteiger partial charge in [-0.05, 0) is 74.6 Å². The summed E-state index contributed by atoms with van der Waals surface area (Å²) in [5.41, 5.74) is 0.990. The zero-order valence-electron chi connectivity index (χ0n) is 20.9. The van der Waals surface area contributed by atoms with Gasteiger partial charge in [0.25, 0.3) is 11.8 Å². The van der Waals surface area contributed by atoms with E-state index in [-0.39, 0.29) is 36.5 Å². The van der Waals surface area contributed by atoms with Gasteiger partial charge in [0.2, 0.25) is 12.7 Å². The third kappa shape index (κ3) is 5.72. The molecule has 2 N–H and O–H groups in total. The SMILES string of the molecule is CC[C@H](C)NC(=O)[C@H](NC(=O)c1ccc2c(c1)OCO2)C1CCN(C(=O)c2ccc(OC)cc2)CC1. The second kappa shape index (κ2) is 11.3. The molecule has 1 saturated heterocycles. The van der Waals surface area contributed by atoms with Crippen molar-refractivity contribution in [2.75, 3.05) is 27.0 Å². The highest BCUT2D eigenvalue weighted by atomic mass is 16.7. The van der Waals surface area contributed by atoms with Crippen molar-refractivity contribution >= 4 is 17.7 Å². The molecule has 2 aromatic rings. The van der Waals surface area contributed by atoms with Gasteiger partial charge in [0.05, 0.1) is 7.11 Å². The fourth-order valence-corrected chi connectivity index (χ4v) is 4.45. The van der Waals surface area contributed by atoms with Crippen molar-refractivity contribution in [3.8, 4) is 17.2 Å². The maximum Gasteiger partial charge on any atom is 0.253 e. The lowest BCUT2D eigenvalue weighted by Crippen LogP contribution is -2.55. The molecule has 2 aliphatic rings. The van der Waals surface area contributed by atoms with Crippen molar-refractivity contribution in [1.82, 2.24) is 15.5 Å². The summed E-state index contributed by atoms with van der Waals surface area (Å²) in [6.07, 6.45) is 1.98. The number of nitrogens with zero attached hydrogens (tertiary/aromatic N) is 1. The molecule has 0 saturated carbocycles. The molecule has 0 unspecified atom stereocenters. The quantitative estimate of drug-likeness (QED) is 0.583. The van der Waals surface area contributed by atoms with Gasteiger partial charge >= 0.3 is 0 Å². The smallest absolute Gasteiger partial charge is 0.253 e. The van der Waals surface area contributed by atoms with Crippen molar-refractivity contribution in [3.63, 3.8) is 0 Å². The first kappa shape index (κ1) is 25.3. The van der Waals surface area contributed by atoms with Crippen LogP contribution in [0, 0.1) is 5.92 Å². The standard InChI is InChI=1S/C27H33N3O6/c1-4-17(2)28-26(32)24(29-25(31)20-7-10-22-23(15-20)36-16-35-22)18-11-13-30(14-12-18)27(33)19-5-8-21(34-3)9-6-19/h5-10,15,17-18,24H,4,11-14,16H2,1-3H3,(H,28,32)(H,29,31)/t17-,24+/m0/s1. The van der Waals surface area contributed by atoms with Crippen molar-refractivity contribution in [2.45, 2.75) is 45.2 Å².